The third-order valence-corrected chi connectivity index (χ3v) is 4.86. The number of esters is 1. The summed E-state index contributed by atoms with van der Waals surface area (Å²) in [6, 6.07) is 13.7. The van der Waals surface area contributed by atoms with E-state index in [4.69, 9.17) is 9.47 Å². The van der Waals surface area contributed by atoms with Crippen LogP contribution in [0.1, 0.15) is 35.8 Å². The van der Waals surface area contributed by atoms with Gasteiger partial charge in [0.2, 0.25) is 0 Å². The number of aliphatic carboxylic acids is 1. The molecule has 1 aliphatic rings. The van der Waals surface area contributed by atoms with Crippen molar-refractivity contribution in [3.8, 4) is 5.75 Å². The highest BCUT2D eigenvalue weighted by Gasteiger charge is 2.38. The zero-order valence-electron chi connectivity index (χ0n) is 16.8. The summed E-state index contributed by atoms with van der Waals surface area (Å²) in [5.41, 5.74) is 1.11. The zero-order valence-corrected chi connectivity index (χ0v) is 16.8. The first-order chi connectivity index (χ1) is 14.3. The van der Waals surface area contributed by atoms with Gasteiger partial charge in [0.25, 0.3) is 0 Å². The molecule has 0 fully saturated rings. The van der Waals surface area contributed by atoms with Crippen LogP contribution in [0.3, 0.4) is 0 Å². The predicted octanol–water partition coefficient (Wildman–Crippen LogP) is 3.32. The van der Waals surface area contributed by atoms with Crippen LogP contribution in [0.2, 0.25) is 0 Å². The number of carbonyl (C=O) groups is 3. The van der Waals surface area contributed by atoms with Crippen molar-refractivity contribution in [3.63, 3.8) is 0 Å². The third-order valence-electron chi connectivity index (χ3n) is 4.86. The van der Waals surface area contributed by atoms with Crippen LogP contribution < -0.4 is 10.1 Å². The third kappa shape index (κ3) is 4.12. The number of nitrogens with one attached hydrogen (secondary N) is 1. The number of carbonyl (C=O) groups excluding carboxylic acids is 2. The number of urea groups is 1. The van der Waals surface area contributed by atoms with Crippen molar-refractivity contribution >= 4 is 18.0 Å². The lowest BCUT2D eigenvalue weighted by Gasteiger charge is -2.37. The first-order valence-corrected chi connectivity index (χ1v) is 9.27. The Morgan fingerprint density at radius 2 is 1.73 bits per heavy atom. The molecular formula is C22H22N2O6. The minimum atomic E-state index is -1.18. The molecule has 2 aromatic carbocycles. The highest BCUT2D eigenvalue weighted by Crippen LogP contribution is 2.32. The Bertz CT molecular complexity index is 984. The molecule has 0 saturated heterocycles. The average Bonchev–Trinajstić information content (AvgIpc) is 2.73. The average molecular weight is 410 g/mol. The molecular weight excluding hydrogens is 388 g/mol. The van der Waals surface area contributed by atoms with Crippen molar-refractivity contribution < 1.29 is 29.0 Å². The number of allylic oxidation sites excluding steroid dienone is 1. The number of hydrogen-bond acceptors (Lipinski definition) is 5. The first kappa shape index (κ1) is 20.9. The van der Waals surface area contributed by atoms with Crippen LogP contribution in [0.5, 0.6) is 5.75 Å². The molecule has 2 unspecified atom stereocenters. The van der Waals surface area contributed by atoms with Crippen molar-refractivity contribution in [3.05, 3.63) is 77.0 Å². The molecule has 0 aliphatic carbocycles. The van der Waals surface area contributed by atoms with Crippen LogP contribution in [-0.4, -0.2) is 41.3 Å². The number of amides is 2. The second-order valence-corrected chi connectivity index (χ2v) is 6.70. The second kappa shape index (κ2) is 8.69. The Balaban J connectivity index is 1.90. The van der Waals surface area contributed by atoms with Gasteiger partial charge >= 0.3 is 18.0 Å². The molecule has 2 aromatic rings. The first-order valence-electron chi connectivity index (χ1n) is 9.27. The number of benzene rings is 2. The molecule has 1 aliphatic heterocycles. The van der Waals surface area contributed by atoms with Crippen molar-refractivity contribution in [2.75, 3.05) is 7.11 Å². The fourth-order valence-electron chi connectivity index (χ4n) is 3.37. The minimum absolute atomic E-state index is 0.0117. The summed E-state index contributed by atoms with van der Waals surface area (Å²) in [6.07, 6.45) is -1.01. The van der Waals surface area contributed by atoms with E-state index in [0.717, 1.165) is 4.90 Å². The molecule has 0 radical (unpaired) electrons. The maximum atomic E-state index is 12.8. The lowest BCUT2D eigenvalue weighted by molar-refractivity contribution is -0.133. The molecule has 8 heteroatoms. The minimum Gasteiger partial charge on any atom is -0.497 e. The number of rotatable bonds is 6. The lowest BCUT2D eigenvalue weighted by Crippen LogP contribution is -2.52. The number of methoxy groups -OCH3 is 1. The number of hydrogen-bond donors (Lipinski definition) is 2. The molecule has 2 N–H and O–H groups in total. The van der Waals surface area contributed by atoms with Crippen LogP contribution >= 0.6 is 0 Å². The summed E-state index contributed by atoms with van der Waals surface area (Å²) in [7, 11) is 1.53. The van der Waals surface area contributed by atoms with E-state index >= 15 is 0 Å². The smallest absolute Gasteiger partial charge is 0.340 e. The monoisotopic (exact) mass is 410 g/mol. The standard InChI is InChI=1S/C22H22N2O6/c1-13-18(20(25)26)19(15-9-11-17(29-3)12-10-15)23-22(28)24(13)14(2)30-21(27)16-7-5-4-6-8-16/h4-12,14,19H,1-3H3,(H,23,28)(H,25,26). The van der Waals surface area contributed by atoms with E-state index in [1.54, 1.807) is 54.6 Å². The van der Waals surface area contributed by atoms with Gasteiger partial charge in [-0.2, -0.15) is 0 Å². The molecule has 30 heavy (non-hydrogen) atoms. The molecule has 1 heterocycles. The molecule has 0 saturated carbocycles. The van der Waals surface area contributed by atoms with Crippen LogP contribution in [0, 0.1) is 0 Å². The number of carboxylic acids is 1. The zero-order chi connectivity index (χ0) is 21.8. The Labute approximate surface area is 173 Å². The maximum absolute atomic E-state index is 12.8. The van der Waals surface area contributed by atoms with Gasteiger partial charge in [0, 0.05) is 5.70 Å². The van der Waals surface area contributed by atoms with E-state index in [0.29, 0.717) is 16.9 Å². The highest BCUT2D eigenvalue weighted by molar-refractivity contribution is 5.94. The highest BCUT2D eigenvalue weighted by atomic mass is 16.6. The summed E-state index contributed by atoms with van der Waals surface area (Å²) in [6.45, 7) is 3.03. The summed E-state index contributed by atoms with van der Waals surface area (Å²) in [5, 5.41) is 12.5. The number of ether oxygens (including phenoxy) is 2. The Morgan fingerprint density at radius 1 is 1.10 bits per heavy atom. The van der Waals surface area contributed by atoms with E-state index in [2.05, 4.69) is 5.32 Å². The molecule has 0 bridgehead atoms. The molecule has 2 amide bonds. The molecule has 3 rings (SSSR count). The van der Waals surface area contributed by atoms with Gasteiger partial charge in [-0.05, 0) is 43.7 Å². The summed E-state index contributed by atoms with van der Waals surface area (Å²) in [4.78, 5) is 38.3. The van der Waals surface area contributed by atoms with Gasteiger partial charge in [-0.3, -0.25) is 4.90 Å². The van der Waals surface area contributed by atoms with E-state index < -0.39 is 30.2 Å². The lowest BCUT2D eigenvalue weighted by atomic mass is 9.95. The predicted molar refractivity (Wildman–Crippen MR) is 108 cm³/mol. The Kier molecular flexibility index (Phi) is 6.06. The summed E-state index contributed by atoms with van der Waals surface area (Å²) in [5.74, 6) is -1.18. The van der Waals surface area contributed by atoms with Crippen LogP contribution in [0.15, 0.2) is 65.9 Å². The van der Waals surface area contributed by atoms with Crippen LogP contribution in [0.4, 0.5) is 4.79 Å². The van der Waals surface area contributed by atoms with Gasteiger partial charge < -0.3 is 19.9 Å². The fraction of sp³-hybridized carbons (Fsp3) is 0.227. The maximum Gasteiger partial charge on any atom is 0.340 e. The van der Waals surface area contributed by atoms with E-state index in [1.807, 2.05) is 0 Å². The SMILES string of the molecule is COc1ccc(C2NC(=O)N(C(C)OC(=O)c3ccccc3)C(C)=C2C(=O)O)cc1. The van der Waals surface area contributed by atoms with E-state index in [1.165, 1.54) is 21.0 Å². The van der Waals surface area contributed by atoms with E-state index in [-0.39, 0.29) is 11.3 Å². The van der Waals surface area contributed by atoms with Crippen molar-refractivity contribution in [2.24, 2.45) is 0 Å². The number of nitrogens with zero attached hydrogens (tertiary/aromatic N) is 1. The van der Waals surface area contributed by atoms with Gasteiger partial charge in [-0.1, -0.05) is 30.3 Å². The van der Waals surface area contributed by atoms with Gasteiger partial charge in [0.15, 0.2) is 6.23 Å². The van der Waals surface area contributed by atoms with Gasteiger partial charge in [0.1, 0.15) is 5.75 Å². The topological polar surface area (TPSA) is 105 Å². The Hall–Kier alpha value is -3.81. The molecule has 8 nitrogen and oxygen atoms in total. The van der Waals surface area contributed by atoms with Gasteiger partial charge in [-0.15, -0.1) is 0 Å². The number of carboxylic acid groups (broad SMARTS) is 1. The van der Waals surface area contributed by atoms with Gasteiger partial charge in [0.05, 0.1) is 24.3 Å². The Morgan fingerprint density at radius 3 is 2.30 bits per heavy atom. The van der Waals surface area contributed by atoms with Crippen molar-refractivity contribution in [2.45, 2.75) is 26.1 Å². The normalized spacial score (nSPS) is 17.2. The molecule has 2 atom stereocenters. The van der Waals surface area contributed by atoms with Crippen LogP contribution in [-0.2, 0) is 9.53 Å². The summed E-state index contributed by atoms with van der Waals surface area (Å²) < 4.78 is 10.5. The molecule has 0 spiro atoms. The van der Waals surface area contributed by atoms with Crippen molar-refractivity contribution in [1.82, 2.24) is 10.2 Å². The van der Waals surface area contributed by atoms with E-state index in [9.17, 15) is 19.5 Å². The second-order valence-electron chi connectivity index (χ2n) is 6.70. The van der Waals surface area contributed by atoms with Gasteiger partial charge in [-0.25, -0.2) is 14.4 Å². The molecule has 0 aromatic heterocycles. The van der Waals surface area contributed by atoms with Crippen LogP contribution in [0.25, 0.3) is 0 Å². The van der Waals surface area contributed by atoms with Crippen molar-refractivity contribution in [1.29, 1.82) is 0 Å². The molecule has 156 valence electrons. The summed E-state index contributed by atoms with van der Waals surface area (Å²) >= 11 is 0. The fourth-order valence-corrected chi connectivity index (χ4v) is 3.37. The quantitative estimate of drug-likeness (QED) is 0.708. The largest absolute Gasteiger partial charge is 0.497 e.